The third kappa shape index (κ3) is 1.96. The molecule has 0 saturated carbocycles. The average Bonchev–Trinajstić information content (AvgIpc) is 2.16. The van der Waals surface area contributed by atoms with Crippen molar-refractivity contribution in [2.45, 2.75) is 0 Å². The quantitative estimate of drug-likeness (QED) is 0.433. The summed E-state index contributed by atoms with van der Waals surface area (Å²) in [6.45, 7) is 0. The van der Waals surface area contributed by atoms with Gasteiger partial charge in [0.05, 0.1) is 20.3 Å². The monoisotopic (exact) mass is 378 g/mol. The van der Waals surface area contributed by atoms with Crippen LogP contribution in [0.25, 0.3) is 10.9 Å². The zero-order valence-electron chi connectivity index (χ0n) is 7.28. The van der Waals surface area contributed by atoms with Crippen molar-refractivity contribution in [2.75, 3.05) is 0 Å². The van der Waals surface area contributed by atoms with Crippen molar-refractivity contribution in [3.05, 3.63) is 42.6 Å². The van der Waals surface area contributed by atoms with Crippen molar-refractivity contribution in [3.63, 3.8) is 0 Å². The van der Waals surface area contributed by atoms with E-state index in [1.54, 1.807) is 24.4 Å². The smallest absolute Gasteiger partial charge is 0.258 e. The fraction of sp³-hybridized carbons (Fsp3) is 0. The number of rotatable bonds is 1. The van der Waals surface area contributed by atoms with Crippen molar-refractivity contribution in [1.82, 2.24) is 4.98 Å². The molecule has 0 aliphatic heterocycles. The molecule has 76 valence electrons. The number of halogens is 2. The minimum atomic E-state index is -0.399. The van der Waals surface area contributed by atoms with Gasteiger partial charge < -0.3 is 0 Å². The van der Waals surface area contributed by atoms with Crippen LogP contribution in [0.5, 0.6) is 0 Å². The van der Waals surface area contributed by atoms with Crippen LogP contribution in [0, 0.1) is 13.7 Å². The first-order valence-corrected chi connectivity index (χ1v) is 5.85. The Morgan fingerprint density at radius 2 is 2.20 bits per heavy atom. The van der Waals surface area contributed by atoms with E-state index in [4.69, 9.17) is 0 Å². The van der Waals surface area contributed by atoms with Crippen LogP contribution < -0.4 is 0 Å². The largest absolute Gasteiger partial charge is 0.292 e. The number of hydrogen-bond donors (Lipinski definition) is 0. The second-order valence-corrected chi connectivity index (χ2v) is 4.97. The summed E-state index contributed by atoms with van der Waals surface area (Å²) in [4.78, 5) is 14.6. The highest BCUT2D eigenvalue weighted by atomic mass is 127. The molecule has 0 aliphatic carbocycles. The Bertz CT molecular complexity index is 554. The molecule has 0 fully saturated rings. The van der Waals surface area contributed by atoms with Crippen LogP contribution in [0.15, 0.2) is 28.9 Å². The number of aromatic nitrogens is 1. The van der Waals surface area contributed by atoms with E-state index in [1.807, 2.05) is 0 Å². The first kappa shape index (κ1) is 10.7. The molecule has 0 radical (unpaired) electrons. The molecule has 15 heavy (non-hydrogen) atoms. The van der Waals surface area contributed by atoms with Gasteiger partial charge in [-0.3, -0.25) is 15.1 Å². The topological polar surface area (TPSA) is 56.0 Å². The lowest BCUT2D eigenvalue weighted by Crippen LogP contribution is -1.92. The SMILES string of the molecule is O=[N+]([O-])c1c(Br)ccc2ncc(I)cc12. The maximum atomic E-state index is 10.9. The second-order valence-electron chi connectivity index (χ2n) is 2.87. The van der Waals surface area contributed by atoms with Gasteiger partial charge in [0.2, 0.25) is 0 Å². The molecule has 0 spiro atoms. The van der Waals surface area contributed by atoms with E-state index >= 15 is 0 Å². The maximum Gasteiger partial charge on any atom is 0.292 e. The van der Waals surface area contributed by atoms with Crippen LogP contribution in [0.3, 0.4) is 0 Å². The first-order valence-electron chi connectivity index (χ1n) is 3.98. The Morgan fingerprint density at radius 3 is 2.87 bits per heavy atom. The van der Waals surface area contributed by atoms with Gasteiger partial charge in [-0.15, -0.1) is 0 Å². The van der Waals surface area contributed by atoms with Gasteiger partial charge >= 0.3 is 0 Å². The molecule has 1 aromatic carbocycles. The molecule has 4 nitrogen and oxygen atoms in total. The summed E-state index contributed by atoms with van der Waals surface area (Å²) in [6.07, 6.45) is 1.68. The molecule has 0 amide bonds. The summed E-state index contributed by atoms with van der Waals surface area (Å²) >= 11 is 5.25. The number of nitro groups is 1. The van der Waals surface area contributed by atoms with Gasteiger partial charge in [0.1, 0.15) is 0 Å². The summed E-state index contributed by atoms with van der Waals surface area (Å²) in [5.41, 5.74) is 0.698. The minimum absolute atomic E-state index is 0.0681. The van der Waals surface area contributed by atoms with Crippen molar-refractivity contribution >= 4 is 55.1 Å². The Morgan fingerprint density at radius 1 is 1.47 bits per heavy atom. The van der Waals surface area contributed by atoms with E-state index in [9.17, 15) is 10.1 Å². The third-order valence-corrected chi connectivity index (χ3v) is 3.17. The highest BCUT2D eigenvalue weighted by Gasteiger charge is 2.17. The number of fused-ring (bicyclic) bond motifs is 1. The van der Waals surface area contributed by atoms with E-state index in [2.05, 4.69) is 43.5 Å². The zero-order chi connectivity index (χ0) is 11.0. The number of nitro benzene ring substituents is 1. The van der Waals surface area contributed by atoms with E-state index in [0.29, 0.717) is 15.4 Å². The summed E-state index contributed by atoms with van der Waals surface area (Å²) in [6, 6.07) is 5.15. The lowest BCUT2D eigenvalue weighted by molar-refractivity contribution is -0.383. The Labute approximate surface area is 107 Å². The van der Waals surface area contributed by atoms with Crippen molar-refractivity contribution < 1.29 is 4.92 Å². The second kappa shape index (κ2) is 4.01. The van der Waals surface area contributed by atoms with Gasteiger partial charge in [0.25, 0.3) is 5.69 Å². The predicted octanol–water partition coefficient (Wildman–Crippen LogP) is 3.51. The molecular weight excluding hydrogens is 375 g/mol. The van der Waals surface area contributed by atoms with Crippen molar-refractivity contribution in [1.29, 1.82) is 0 Å². The van der Waals surface area contributed by atoms with E-state index in [0.717, 1.165) is 3.57 Å². The molecule has 1 aromatic heterocycles. The van der Waals surface area contributed by atoms with Crippen LogP contribution in [-0.2, 0) is 0 Å². The van der Waals surface area contributed by atoms with Crippen molar-refractivity contribution in [2.24, 2.45) is 0 Å². The highest BCUT2D eigenvalue weighted by molar-refractivity contribution is 14.1. The maximum absolute atomic E-state index is 10.9. The van der Waals surface area contributed by atoms with Gasteiger partial charge in [-0.2, -0.15) is 0 Å². The fourth-order valence-corrected chi connectivity index (χ4v) is 2.26. The number of nitrogens with zero attached hydrogens (tertiary/aromatic N) is 2. The predicted molar refractivity (Wildman–Crippen MR) is 68.8 cm³/mol. The molecular formula is C9H4BrIN2O2. The standard InChI is InChI=1S/C9H4BrIN2O2/c10-7-1-2-8-6(9(7)13(14)15)3-5(11)4-12-8/h1-4H. The normalized spacial score (nSPS) is 10.5. The lowest BCUT2D eigenvalue weighted by atomic mass is 10.2. The highest BCUT2D eigenvalue weighted by Crippen LogP contribution is 2.32. The van der Waals surface area contributed by atoms with Crippen LogP contribution in [0.4, 0.5) is 5.69 Å². The van der Waals surface area contributed by atoms with Gasteiger partial charge in [0, 0.05) is 9.77 Å². The van der Waals surface area contributed by atoms with Crippen molar-refractivity contribution in [3.8, 4) is 0 Å². The molecule has 2 rings (SSSR count). The van der Waals surface area contributed by atoms with E-state index in [-0.39, 0.29) is 5.69 Å². The van der Waals surface area contributed by atoms with E-state index < -0.39 is 4.92 Å². The summed E-state index contributed by atoms with van der Waals surface area (Å²) in [7, 11) is 0. The lowest BCUT2D eigenvalue weighted by Gasteiger charge is -2.01. The molecule has 6 heteroatoms. The Balaban J connectivity index is 2.90. The van der Waals surface area contributed by atoms with Crippen LogP contribution in [0.1, 0.15) is 0 Å². The van der Waals surface area contributed by atoms with Gasteiger partial charge in [-0.25, -0.2) is 0 Å². The third-order valence-electron chi connectivity index (χ3n) is 1.94. The molecule has 2 aromatic rings. The first-order chi connectivity index (χ1) is 7.09. The molecule has 0 aliphatic rings. The number of hydrogen-bond acceptors (Lipinski definition) is 3. The zero-order valence-corrected chi connectivity index (χ0v) is 11.0. The van der Waals surface area contributed by atoms with Crippen LogP contribution in [0.2, 0.25) is 0 Å². The average molecular weight is 379 g/mol. The molecule has 0 unspecified atom stereocenters. The van der Waals surface area contributed by atoms with Crippen LogP contribution in [-0.4, -0.2) is 9.91 Å². The van der Waals surface area contributed by atoms with Crippen LogP contribution >= 0.6 is 38.5 Å². The summed E-state index contributed by atoms with van der Waals surface area (Å²) in [5, 5.41) is 11.4. The number of benzene rings is 1. The fourth-order valence-electron chi connectivity index (χ4n) is 1.32. The minimum Gasteiger partial charge on any atom is -0.258 e. The summed E-state index contributed by atoms with van der Waals surface area (Å²) in [5.74, 6) is 0. The molecule has 0 N–H and O–H groups in total. The molecule has 0 saturated heterocycles. The molecule has 0 bridgehead atoms. The van der Waals surface area contributed by atoms with Gasteiger partial charge in [-0.1, -0.05) is 0 Å². The Hall–Kier alpha value is -0.760. The molecule has 1 heterocycles. The summed E-state index contributed by atoms with van der Waals surface area (Å²) < 4.78 is 1.35. The molecule has 0 atom stereocenters. The van der Waals surface area contributed by atoms with E-state index in [1.165, 1.54) is 0 Å². The van der Waals surface area contributed by atoms with Gasteiger partial charge in [0.15, 0.2) is 0 Å². The number of pyridine rings is 1. The van der Waals surface area contributed by atoms with Gasteiger partial charge in [-0.05, 0) is 56.7 Å². The Kier molecular flexibility index (Phi) is 2.87.